The van der Waals surface area contributed by atoms with E-state index < -0.39 is 0 Å². The second-order valence-corrected chi connectivity index (χ2v) is 5.37. The fourth-order valence-electron chi connectivity index (χ4n) is 2.21. The first-order valence-electron chi connectivity index (χ1n) is 6.35. The number of hydrogen-bond donors (Lipinski definition) is 1. The Balaban J connectivity index is 1.80. The summed E-state index contributed by atoms with van der Waals surface area (Å²) in [5.41, 5.74) is 1.10. The minimum atomic E-state index is 0.0445. The predicted molar refractivity (Wildman–Crippen MR) is 73.0 cm³/mol. The van der Waals surface area contributed by atoms with E-state index in [1.165, 1.54) is 25.7 Å². The van der Waals surface area contributed by atoms with E-state index in [2.05, 4.69) is 5.32 Å². The smallest absolute Gasteiger partial charge is 0.244 e. The molecule has 3 heteroatoms. The maximum absolute atomic E-state index is 11.7. The Bertz CT molecular complexity index is 362. The molecule has 0 aromatic carbocycles. The predicted octanol–water partition coefficient (Wildman–Crippen LogP) is 3.60. The van der Waals surface area contributed by atoms with Gasteiger partial charge in [-0.2, -0.15) is 11.3 Å². The van der Waals surface area contributed by atoms with Gasteiger partial charge in [0.1, 0.15) is 0 Å². The monoisotopic (exact) mass is 249 g/mol. The molecule has 92 valence electrons. The maximum Gasteiger partial charge on any atom is 0.244 e. The van der Waals surface area contributed by atoms with Gasteiger partial charge in [0, 0.05) is 12.1 Å². The molecule has 0 spiro atoms. The van der Waals surface area contributed by atoms with Crippen LogP contribution in [0.3, 0.4) is 0 Å². The van der Waals surface area contributed by atoms with Crippen LogP contribution >= 0.6 is 11.3 Å². The molecule has 1 aliphatic carbocycles. The molecule has 1 fully saturated rings. The minimum Gasteiger partial charge on any atom is -0.350 e. The summed E-state index contributed by atoms with van der Waals surface area (Å²) in [6.07, 6.45) is 10.9. The zero-order valence-electron chi connectivity index (χ0n) is 10.0. The number of carbonyl (C=O) groups excluding carboxylic acids is 1. The highest BCUT2D eigenvalue weighted by molar-refractivity contribution is 7.08. The summed E-state index contributed by atoms with van der Waals surface area (Å²) < 4.78 is 0. The lowest BCUT2D eigenvalue weighted by Gasteiger charge is -2.14. The molecule has 17 heavy (non-hydrogen) atoms. The van der Waals surface area contributed by atoms with Crippen molar-refractivity contribution in [1.82, 2.24) is 5.32 Å². The van der Waals surface area contributed by atoms with Crippen molar-refractivity contribution < 1.29 is 4.79 Å². The molecule has 0 radical (unpaired) electrons. The van der Waals surface area contributed by atoms with Crippen LogP contribution in [-0.2, 0) is 4.79 Å². The highest BCUT2D eigenvalue weighted by Gasteiger charge is 2.12. The largest absolute Gasteiger partial charge is 0.350 e. The first-order valence-corrected chi connectivity index (χ1v) is 7.29. The fourth-order valence-corrected chi connectivity index (χ4v) is 2.84. The summed E-state index contributed by atoms with van der Waals surface area (Å²) in [5.74, 6) is 0.0445. The maximum atomic E-state index is 11.7. The van der Waals surface area contributed by atoms with Crippen molar-refractivity contribution >= 4 is 23.3 Å². The zero-order valence-corrected chi connectivity index (χ0v) is 10.8. The highest BCUT2D eigenvalue weighted by Crippen LogP contribution is 2.17. The molecular formula is C14H19NOS. The lowest BCUT2D eigenvalue weighted by molar-refractivity contribution is -0.117. The molecule has 0 saturated heterocycles. The molecule has 1 N–H and O–H groups in total. The number of rotatable bonds is 3. The molecule has 2 rings (SSSR count). The van der Waals surface area contributed by atoms with Crippen LogP contribution in [0.5, 0.6) is 0 Å². The van der Waals surface area contributed by atoms with Crippen molar-refractivity contribution in [3.8, 4) is 0 Å². The molecule has 1 aliphatic rings. The van der Waals surface area contributed by atoms with E-state index in [1.54, 1.807) is 17.4 Å². The molecule has 1 aromatic heterocycles. The third-order valence-electron chi connectivity index (χ3n) is 3.17. The normalized spacial score (nSPS) is 18.1. The number of nitrogens with one attached hydrogen (secondary N) is 1. The van der Waals surface area contributed by atoms with Crippen molar-refractivity contribution in [2.45, 2.75) is 44.6 Å². The van der Waals surface area contributed by atoms with E-state index in [1.807, 2.05) is 22.9 Å². The van der Waals surface area contributed by atoms with Gasteiger partial charge in [-0.25, -0.2) is 0 Å². The second kappa shape index (κ2) is 6.60. The average molecular weight is 249 g/mol. The first-order chi connectivity index (χ1) is 8.34. The molecule has 1 saturated carbocycles. The standard InChI is InChI=1S/C14H19NOS/c16-14(8-7-12-9-10-17-11-12)15-13-5-3-1-2-4-6-13/h7-11,13H,1-6H2,(H,15,16)/b8-7+. The number of carbonyl (C=O) groups is 1. The Morgan fingerprint density at radius 2 is 2.06 bits per heavy atom. The van der Waals surface area contributed by atoms with E-state index >= 15 is 0 Å². The van der Waals surface area contributed by atoms with Crippen LogP contribution in [0.2, 0.25) is 0 Å². The van der Waals surface area contributed by atoms with Crippen molar-refractivity contribution in [2.24, 2.45) is 0 Å². The molecule has 2 nitrogen and oxygen atoms in total. The van der Waals surface area contributed by atoms with Crippen LogP contribution in [0, 0.1) is 0 Å². The van der Waals surface area contributed by atoms with Gasteiger partial charge in [-0.3, -0.25) is 4.79 Å². The Labute approximate surface area is 107 Å². The summed E-state index contributed by atoms with van der Waals surface area (Å²) in [5, 5.41) is 7.15. The highest BCUT2D eigenvalue weighted by atomic mass is 32.1. The van der Waals surface area contributed by atoms with Crippen LogP contribution in [0.1, 0.15) is 44.1 Å². The van der Waals surface area contributed by atoms with Crippen molar-refractivity contribution in [3.05, 3.63) is 28.5 Å². The van der Waals surface area contributed by atoms with Gasteiger partial charge in [0.2, 0.25) is 5.91 Å². The SMILES string of the molecule is O=C(/C=C/c1ccsc1)NC1CCCCCC1. The number of hydrogen-bond acceptors (Lipinski definition) is 2. The second-order valence-electron chi connectivity index (χ2n) is 4.59. The lowest BCUT2D eigenvalue weighted by Crippen LogP contribution is -2.33. The van der Waals surface area contributed by atoms with Crippen molar-refractivity contribution in [1.29, 1.82) is 0 Å². The van der Waals surface area contributed by atoms with E-state index in [9.17, 15) is 4.79 Å². The van der Waals surface area contributed by atoms with E-state index in [0.29, 0.717) is 6.04 Å². The van der Waals surface area contributed by atoms with Crippen molar-refractivity contribution in [2.75, 3.05) is 0 Å². The molecule has 0 aliphatic heterocycles. The third kappa shape index (κ3) is 4.35. The van der Waals surface area contributed by atoms with Crippen LogP contribution in [0.25, 0.3) is 6.08 Å². The Kier molecular flexibility index (Phi) is 4.80. The average Bonchev–Trinajstić information content (AvgIpc) is 2.72. The van der Waals surface area contributed by atoms with Crippen LogP contribution in [0.4, 0.5) is 0 Å². The Hall–Kier alpha value is -1.09. The van der Waals surface area contributed by atoms with Gasteiger partial charge >= 0.3 is 0 Å². The fraction of sp³-hybridized carbons (Fsp3) is 0.500. The van der Waals surface area contributed by atoms with Crippen LogP contribution in [0.15, 0.2) is 22.9 Å². The number of thiophene rings is 1. The third-order valence-corrected chi connectivity index (χ3v) is 3.87. The van der Waals surface area contributed by atoms with Crippen LogP contribution in [-0.4, -0.2) is 11.9 Å². The van der Waals surface area contributed by atoms with Crippen LogP contribution < -0.4 is 5.32 Å². The van der Waals surface area contributed by atoms with Gasteiger partial charge in [-0.05, 0) is 41.3 Å². The zero-order chi connectivity index (χ0) is 11.9. The van der Waals surface area contributed by atoms with Crippen molar-refractivity contribution in [3.63, 3.8) is 0 Å². The van der Waals surface area contributed by atoms with Gasteiger partial charge in [-0.1, -0.05) is 25.7 Å². The molecule has 0 atom stereocenters. The summed E-state index contributed by atoms with van der Waals surface area (Å²) >= 11 is 1.65. The minimum absolute atomic E-state index is 0.0445. The summed E-state index contributed by atoms with van der Waals surface area (Å²) in [6.45, 7) is 0. The Morgan fingerprint density at radius 1 is 1.29 bits per heavy atom. The molecule has 1 amide bonds. The lowest BCUT2D eigenvalue weighted by atomic mass is 10.1. The van der Waals surface area contributed by atoms with Gasteiger partial charge in [-0.15, -0.1) is 0 Å². The van der Waals surface area contributed by atoms with Gasteiger partial charge < -0.3 is 5.32 Å². The molecule has 0 bridgehead atoms. The molecular weight excluding hydrogens is 230 g/mol. The topological polar surface area (TPSA) is 29.1 Å². The summed E-state index contributed by atoms with van der Waals surface area (Å²) in [4.78, 5) is 11.7. The quantitative estimate of drug-likeness (QED) is 0.643. The van der Waals surface area contributed by atoms with Gasteiger partial charge in [0.25, 0.3) is 0 Å². The van der Waals surface area contributed by atoms with E-state index in [-0.39, 0.29) is 5.91 Å². The van der Waals surface area contributed by atoms with E-state index in [0.717, 1.165) is 18.4 Å². The summed E-state index contributed by atoms with van der Waals surface area (Å²) in [7, 11) is 0. The molecule has 0 unspecified atom stereocenters. The molecule has 1 aromatic rings. The van der Waals surface area contributed by atoms with Gasteiger partial charge in [0.15, 0.2) is 0 Å². The number of amides is 1. The van der Waals surface area contributed by atoms with Gasteiger partial charge in [0.05, 0.1) is 0 Å². The molecule has 1 heterocycles. The summed E-state index contributed by atoms with van der Waals surface area (Å²) in [6, 6.07) is 2.40. The van der Waals surface area contributed by atoms with E-state index in [4.69, 9.17) is 0 Å². The Morgan fingerprint density at radius 3 is 2.71 bits per heavy atom. The first kappa shape index (κ1) is 12.4.